The Morgan fingerprint density at radius 1 is 0.867 bits per heavy atom. The number of rotatable bonds is 6. The minimum atomic E-state index is -5.08. The van der Waals surface area contributed by atoms with Crippen LogP contribution in [-0.2, 0) is 16.1 Å². The van der Waals surface area contributed by atoms with Gasteiger partial charge in [-0.05, 0) is 35.4 Å². The van der Waals surface area contributed by atoms with E-state index in [2.05, 4.69) is 39.6 Å². The monoisotopic (exact) mass is 654 g/mol. The van der Waals surface area contributed by atoms with E-state index in [1.165, 1.54) is 16.6 Å². The first kappa shape index (κ1) is 36.4. The predicted octanol–water partition coefficient (Wildman–Crippen LogP) is 3.49. The molecule has 4 rings (SSSR count). The minimum Gasteiger partial charge on any atom is -0.475 e. The molecule has 1 saturated heterocycles. The summed E-state index contributed by atoms with van der Waals surface area (Å²) in [5.74, 6) is -5.51. The Labute approximate surface area is 248 Å². The van der Waals surface area contributed by atoms with E-state index in [1.807, 2.05) is 18.2 Å². The van der Waals surface area contributed by atoms with Crippen molar-refractivity contribution in [3.05, 3.63) is 77.0 Å². The molecule has 1 aliphatic rings. The molecule has 1 fully saturated rings. The number of carboxylic acids is 2. The molecule has 0 bridgehead atoms. The van der Waals surface area contributed by atoms with Crippen molar-refractivity contribution < 1.29 is 54.9 Å². The highest BCUT2D eigenvalue weighted by Gasteiger charge is 2.38. The van der Waals surface area contributed by atoms with Crippen LogP contribution in [0.1, 0.15) is 0 Å². The van der Waals surface area contributed by atoms with Crippen LogP contribution in [0.5, 0.6) is 0 Å². The van der Waals surface area contributed by atoms with Gasteiger partial charge in [0.05, 0.1) is 12.2 Å². The highest BCUT2D eigenvalue weighted by atomic mass is 19.4. The zero-order chi connectivity index (χ0) is 33.9. The molecule has 0 atom stereocenters. The molecule has 11 nitrogen and oxygen atoms in total. The van der Waals surface area contributed by atoms with E-state index in [4.69, 9.17) is 25.5 Å². The molecular weight excluding hydrogens is 628 g/mol. The predicted molar refractivity (Wildman–Crippen MR) is 144 cm³/mol. The summed E-state index contributed by atoms with van der Waals surface area (Å²) in [4.78, 5) is 32.8. The van der Waals surface area contributed by atoms with Crippen LogP contribution < -0.4 is 21.6 Å². The second kappa shape index (κ2) is 15.8. The van der Waals surface area contributed by atoms with Crippen molar-refractivity contribution in [2.75, 3.05) is 37.6 Å². The number of halogens is 8. The Bertz CT molecular complexity index is 1500. The average molecular weight is 655 g/mol. The Hall–Kier alpha value is -4.78. The summed E-state index contributed by atoms with van der Waals surface area (Å²) < 4.78 is 91.5. The number of aliphatic carboxylic acids is 2. The van der Waals surface area contributed by atoms with Gasteiger partial charge in [-0.25, -0.2) is 23.6 Å². The highest BCUT2D eigenvalue weighted by Crippen LogP contribution is 2.25. The summed E-state index contributed by atoms with van der Waals surface area (Å²) in [5.41, 5.74) is 8.28. The number of carbonyl (C=O) groups is 2. The van der Waals surface area contributed by atoms with Crippen LogP contribution in [0.4, 0.5) is 40.8 Å². The molecule has 0 radical (unpaired) electrons. The topological polar surface area (TPSA) is 156 Å². The quantitative estimate of drug-likeness (QED) is 0.293. The van der Waals surface area contributed by atoms with E-state index in [9.17, 15) is 39.9 Å². The van der Waals surface area contributed by atoms with Crippen molar-refractivity contribution >= 4 is 17.6 Å². The van der Waals surface area contributed by atoms with Crippen molar-refractivity contribution in [3.63, 3.8) is 0 Å². The van der Waals surface area contributed by atoms with Crippen molar-refractivity contribution in [1.82, 2.24) is 19.7 Å². The third-order valence-electron chi connectivity index (χ3n) is 5.88. The standard InChI is InChI=1S/C22H24F2N6O.2C2HF3O2/c23-21(24)18(13-25)14-30-22(31)29(15-27-30)20-3-1-2-17(12-20)16-4-6-19(7-5-16)28-10-8-26-9-11-28;2*3-2(4,5)1(6)7/h1-7,12,15,26H,8-11,13-14,25H2;2*(H,6,7). The van der Waals surface area contributed by atoms with Crippen LogP contribution >= 0.6 is 0 Å². The van der Waals surface area contributed by atoms with Crippen LogP contribution in [0.3, 0.4) is 0 Å². The summed E-state index contributed by atoms with van der Waals surface area (Å²) in [6, 6.07) is 15.8. The molecule has 0 amide bonds. The molecule has 1 aromatic heterocycles. The molecule has 246 valence electrons. The lowest BCUT2D eigenvalue weighted by Crippen LogP contribution is -2.43. The van der Waals surface area contributed by atoms with Crippen LogP contribution in [0.25, 0.3) is 16.8 Å². The third-order valence-corrected chi connectivity index (χ3v) is 5.88. The molecule has 0 unspecified atom stereocenters. The maximum absolute atomic E-state index is 12.9. The number of anilines is 1. The SMILES string of the molecule is NCC(Cn1ncn(-c2cccc(-c3ccc(N4CCNCC4)cc3)c2)c1=O)=C(F)F.O=C(O)C(F)(F)F.O=C(O)C(F)(F)F. The Kier molecular flexibility index (Phi) is 12.8. The van der Waals surface area contributed by atoms with Crippen LogP contribution in [0.15, 0.2) is 71.3 Å². The number of nitrogens with zero attached hydrogens (tertiary/aromatic N) is 4. The fourth-order valence-corrected chi connectivity index (χ4v) is 3.63. The number of alkyl halides is 6. The molecule has 5 N–H and O–H groups in total. The minimum absolute atomic E-state index is 0.314. The Balaban J connectivity index is 0.000000421. The average Bonchev–Trinajstić information content (AvgIpc) is 3.35. The molecule has 45 heavy (non-hydrogen) atoms. The van der Waals surface area contributed by atoms with Gasteiger partial charge in [0.25, 0.3) is 6.08 Å². The van der Waals surface area contributed by atoms with Gasteiger partial charge in [0, 0.05) is 44.0 Å². The van der Waals surface area contributed by atoms with Crippen molar-refractivity contribution in [2.24, 2.45) is 5.73 Å². The number of hydrogen-bond acceptors (Lipinski definition) is 7. The van der Waals surface area contributed by atoms with Crippen LogP contribution in [0, 0.1) is 0 Å². The lowest BCUT2D eigenvalue weighted by atomic mass is 10.0. The van der Waals surface area contributed by atoms with Gasteiger partial charge in [-0.2, -0.15) is 40.2 Å². The molecule has 19 heteroatoms. The first-order valence-corrected chi connectivity index (χ1v) is 12.6. The summed E-state index contributed by atoms with van der Waals surface area (Å²) in [5, 5.41) is 21.6. The summed E-state index contributed by atoms with van der Waals surface area (Å²) in [6.07, 6.45) is -10.7. The number of carboxylic acid groups (broad SMARTS) is 2. The second-order valence-corrected chi connectivity index (χ2v) is 8.95. The Morgan fingerprint density at radius 3 is 1.87 bits per heavy atom. The molecule has 0 saturated carbocycles. The van der Waals surface area contributed by atoms with Gasteiger partial charge in [-0.1, -0.05) is 24.3 Å². The van der Waals surface area contributed by atoms with Gasteiger partial charge in [0.1, 0.15) is 6.33 Å². The largest absolute Gasteiger partial charge is 0.490 e. The lowest BCUT2D eigenvalue weighted by molar-refractivity contribution is -0.193. The molecule has 1 aliphatic heterocycles. The highest BCUT2D eigenvalue weighted by molar-refractivity contribution is 5.73. The number of hydrogen-bond donors (Lipinski definition) is 4. The number of aromatic nitrogens is 3. The summed E-state index contributed by atoms with van der Waals surface area (Å²) in [7, 11) is 0. The van der Waals surface area contributed by atoms with E-state index in [0.717, 1.165) is 42.0 Å². The maximum Gasteiger partial charge on any atom is 0.490 e. The van der Waals surface area contributed by atoms with E-state index >= 15 is 0 Å². The van der Waals surface area contributed by atoms with Gasteiger partial charge in [-0.15, -0.1) is 0 Å². The number of nitrogens with one attached hydrogen (secondary N) is 1. The smallest absolute Gasteiger partial charge is 0.475 e. The molecule has 0 spiro atoms. The van der Waals surface area contributed by atoms with E-state index in [1.54, 1.807) is 6.07 Å². The van der Waals surface area contributed by atoms with Crippen LogP contribution in [-0.4, -0.2) is 81.6 Å². The van der Waals surface area contributed by atoms with E-state index in [0.29, 0.717) is 5.69 Å². The third kappa shape index (κ3) is 11.0. The van der Waals surface area contributed by atoms with Gasteiger partial charge in [0.2, 0.25) is 0 Å². The molecule has 3 aromatic rings. The van der Waals surface area contributed by atoms with Crippen molar-refractivity contribution in [2.45, 2.75) is 18.9 Å². The van der Waals surface area contributed by atoms with Gasteiger partial charge < -0.3 is 26.2 Å². The maximum atomic E-state index is 12.9. The molecule has 2 heterocycles. The summed E-state index contributed by atoms with van der Waals surface area (Å²) in [6.45, 7) is 3.25. The van der Waals surface area contributed by atoms with E-state index in [-0.39, 0.29) is 18.7 Å². The van der Waals surface area contributed by atoms with Gasteiger partial charge in [-0.3, -0.25) is 0 Å². The number of nitrogens with two attached hydrogens (primary N) is 1. The number of benzene rings is 2. The first-order valence-electron chi connectivity index (χ1n) is 12.6. The molecule has 0 aliphatic carbocycles. The fourth-order valence-electron chi connectivity index (χ4n) is 3.63. The summed E-state index contributed by atoms with van der Waals surface area (Å²) >= 11 is 0. The fraction of sp³-hybridized carbons (Fsp3) is 0.308. The van der Waals surface area contributed by atoms with Crippen molar-refractivity contribution in [1.29, 1.82) is 0 Å². The van der Waals surface area contributed by atoms with Crippen LogP contribution in [0.2, 0.25) is 0 Å². The van der Waals surface area contributed by atoms with Gasteiger partial charge in [0.15, 0.2) is 0 Å². The van der Waals surface area contributed by atoms with Crippen molar-refractivity contribution in [3.8, 4) is 16.8 Å². The van der Waals surface area contributed by atoms with E-state index < -0.39 is 36.1 Å². The Morgan fingerprint density at radius 2 is 1.40 bits per heavy atom. The number of piperazine rings is 1. The molecule has 2 aromatic carbocycles. The zero-order valence-electron chi connectivity index (χ0n) is 22.9. The molecular formula is C26H26F8N6O5. The zero-order valence-corrected chi connectivity index (χ0v) is 22.9. The van der Waals surface area contributed by atoms with Gasteiger partial charge >= 0.3 is 30.0 Å². The lowest BCUT2D eigenvalue weighted by Gasteiger charge is -2.29. The first-order chi connectivity index (χ1) is 20.9. The normalized spacial score (nSPS) is 13.1. The second-order valence-electron chi connectivity index (χ2n) is 8.95.